The molecule has 7 nitrogen and oxygen atoms in total. The fraction of sp³-hybridized carbons (Fsp3) is 0.188. The van der Waals surface area contributed by atoms with Gasteiger partial charge in [-0.3, -0.25) is 14.9 Å². The van der Waals surface area contributed by atoms with E-state index in [0.717, 1.165) is 0 Å². The molecule has 0 spiro atoms. The van der Waals surface area contributed by atoms with Crippen molar-refractivity contribution in [3.8, 4) is 11.5 Å². The summed E-state index contributed by atoms with van der Waals surface area (Å²) in [6.07, 6.45) is 0. The summed E-state index contributed by atoms with van der Waals surface area (Å²) < 4.78 is 10.6. The highest BCUT2D eigenvalue weighted by molar-refractivity contribution is 6.04. The maximum absolute atomic E-state index is 12.2. The van der Waals surface area contributed by atoms with Crippen molar-refractivity contribution < 1.29 is 19.2 Å². The SMILES string of the molecule is CCOc1ccc(C(=O)Nc2ccc([N+](=O)[O-])cc2)cc1OC. The van der Waals surface area contributed by atoms with Crippen molar-refractivity contribution in [3.05, 3.63) is 58.1 Å². The molecule has 23 heavy (non-hydrogen) atoms. The minimum Gasteiger partial charge on any atom is -0.493 e. The Balaban J connectivity index is 2.15. The largest absolute Gasteiger partial charge is 0.493 e. The predicted molar refractivity (Wildman–Crippen MR) is 85.2 cm³/mol. The second-order valence-corrected chi connectivity index (χ2v) is 4.56. The first-order valence-corrected chi connectivity index (χ1v) is 6.91. The molecule has 0 radical (unpaired) electrons. The second kappa shape index (κ2) is 7.26. The van der Waals surface area contributed by atoms with Gasteiger partial charge in [-0.15, -0.1) is 0 Å². The number of hydrogen-bond donors (Lipinski definition) is 1. The van der Waals surface area contributed by atoms with Crippen LogP contribution < -0.4 is 14.8 Å². The van der Waals surface area contributed by atoms with Crippen LogP contribution in [0.2, 0.25) is 0 Å². The molecule has 2 aromatic carbocycles. The summed E-state index contributed by atoms with van der Waals surface area (Å²) in [5, 5.41) is 13.3. The van der Waals surface area contributed by atoms with Gasteiger partial charge in [-0.1, -0.05) is 0 Å². The predicted octanol–water partition coefficient (Wildman–Crippen LogP) is 3.25. The number of hydrogen-bond acceptors (Lipinski definition) is 5. The normalized spacial score (nSPS) is 10.0. The number of ether oxygens (including phenoxy) is 2. The molecule has 0 saturated carbocycles. The molecule has 0 atom stereocenters. The lowest BCUT2D eigenvalue weighted by Gasteiger charge is -2.11. The molecule has 0 aliphatic heterocycles. The minimum atomic E-state index is -0.497. The van der Waals surface area contributed by atoms with Crippen molar-refractivity contribution in [1.29, 1.82) is 0 Å². The van der Waals surface area contributed by atoms with Crippen LogP contribution in [0.3, 0.4) is 0 Å². The Morgan fingerprint density at radius 2 is 1.87 bits per heavy atom. The third kappa shape index (κ3) is 3.97. The van der Waals surface area contributed by atoms with Crippen molar-refractivity contribution in [2.75, 3.05) is 19.0 Å². The zero-order valence-corrected chi connectivity index (χ0v) is 12.7. The number of anilines is 1. The van der Waals surface area contributed by atoms with Gasteiger partial charge in [0.05, 0.1) is 18.6 Å². The molecule has 0 aliphatic rings. The highest BCUT2D eigenvalue weighted by Crippen LogP contribution is 2.28. The van der Waals surface area contributed by atoms with E-state index in [2.05, 4.69) is 5.32 Å². The number of amides is 1. The topological polar surface area (TPSA) is 90.7 Å². The molecule has 2 rings (SSSR count). The fourth-order valence-corrected chi connectivity index (χ4v) is 1.95. The molecule has 0 heterocycles. The lowest BCUT2D eigenvalue weighted by Crippen LogP contribution is -2.12. The summed E-state index contributed by atoms with van der Waals surface area (Å²) in [6.45, 7) is 2.35. The highest BCUT2D eigenvalue weighted by Gasteiger charge is 2.12. The second-order valence-electron chi connectivity index (χ2n) is 4.56. The summed E-state index contributed by atoms with van der Waals surface area (Å²) in [4.78, 5) is 22.3. The first kappa shape index (κ1) is 16.3. The molecule has 120 valence electrons. The Morgan fingerprint density at radius 3 is 2.43 bits per heavy atom. The van der Waals surface area contributed by atoms with Crippen LogP contribution in [-0.4, -0.2) is 24.5 Å². The maximum Gasteiger partial charge on any atom is 0.269 e. The summed E-state index contributed by atoms with van der Waals surface area (Å²) >= 11 is 0. The van der Waals surface area contributed by atoms with Crippen LogP contribution in [0, 0.1) is 10.1 Å². The lowest BCUT2D eigenvalue weighted by atomic mass is 10.1. The van der Waals surface area contributed by atoms with Crippen LogP contribution in [0.15, 0.2) is 42.5 Å². The Kier molecular flexibility index (Phi) is 5.14. The number of rotatable bonds is 6. The van der Waals surface area contributed by atoms with E-state index in [1.807, 2.05) is 6.92 Å². The quantitative estimate of drug-likeness (QED) is 0.652. The van der Waals surface area contributed by atoms with Gasteiger partial charge in [0, 0.05) is 23.4 Å². The monoisotopic (exact) mass is 316 g/mol. The summed E-state index contributed by atoms with van der Waals surface area (Å²) in [5.74, 6) is 0.672. The zero-order chi connectivity index (χ0) is 16.8. The van der Waals surface area contributed by atoms with Crippen LogP contribution in [0.4, 0.5) is 11.4 Å². The Labute approximate surface area is 133 Å². The average Bonchev–Trinajstić information content (AvgIpc) is 2.55. The molecule has 0 unspecified atom stereocenters. The van der Waals surface area contributed by atoms with Crippen LogP contribution in [0.25, 0.3) is 0 Å². The number of nitro groups is 1. The number of nitrogens with one attached hydrogen (secondary N) is 1. The number of non-ortho nitro benzene ring substituents is 1. The van der Waals surface area contributed by atoms with Crippen LogP contribution in [0.5, 0.6) is 11.5 Å². The summed E-state index contributed by atoms with van der Waals surface area (Å²) in [7, 11) is 1.50. The first-order chi connectivity index (χ1) is 11.0. The third-order valence-corrected chi connectivity index (χ3v) is 3.06. The van der Waals surface area contributed by atoms with E-state index in [1.54, 1.807) is 18.2 Å². The maximum atomic E-state index is 12.2. The Bertz CT molecular complexity index is 713. The molecule has 1 amide bonds. The van der Waals surface area contributed by atoms with Gasteiger partial charge in [0.1, 0.15) is 0 Å². The number of nitrogens with zero attached hydrogens (tertiary/aromatic N) is 1. The first-order valence-electron chi connectivity index (χ1n) is 6.91. The molecule has 1 N–H and O–H groups in total. The van der Waals surface area contributed by atoms with E-state index in [4.69, 9.17) is 9.47 Å². The van der Waals surface area contributed by atoms with Gasteiger partial charge in [-0.2, -0.15) is 0 Å². The molecule has 0 saturated heterocycles. The van der Waals surface area contributed by atoms with E-state index < -0.39 is 4.92 Å². The molecule has 7 heteroatoms. The van der Waals surface area contributed by atoms with E-state index in [-0.39, 0.29) is 11.6 Å². The van der Waals surface area contributed by atoms with Gasteiger partial charge in [0.15, 0.2) is 11.5 Å². The van der Waals surface area contributed by atoms with E-state index in [1.165, 1.54) is 31.4 Å². The Morgan fingerprint density at radius 1 is 1.17 bits per heavy atom. The third-order valence-electron chi connectivity index (χ3n) is 3.06. The average molecular weight is 316 g/mol. The van der Waals surface area contributed by atoms with E-state index in [9.17, 15) is 14.9 Å². The number of carbonyl (C=O) groups is 1. The van der Waals surface area contributed by atoms with E-state index >= 15 is 0 Å². The van der Waals surface area contributed by atoms with Gasteiger partial charge in [-0.25, -0.2) is 0 Å². The van der Waals surface area contributed by atoms with Gasteiger partial charge in [-0.05, 0) is 37.3 Å². The van der Waals surface area contributed by atoms with Crippen molar-refractivity contribution in [1.82, 2.24) is 0 Å². The zero-order valence-electron chi connectivity index (χ0n) is 12.7. The standard InChI is InChI=1S/C16H16N2O5/c1-3-23-14-9-4-11(10-15(14)22-2)16(19)17-12-5-7-13(8-6-12)18(20)21/h4-10H,3H2,1-2H3,(H,17,19). The number of benzene rings is 2. The molecule has 0 fully saturated rings. The van der Waals surface area contributed by atoms with Gasteiger partial charge in [0.2, 0.25) is 0 Å². The van der Waals surface area contributed by atoms with Crippen molar-refractivity contribution in [2.45, 2.75) is 6.92 Å². The number of carbonyl (C=O) groups excluding carboxylic acids is 1. The number of nitro benzene ring substituents is 1. The fourth-order valence-electron chi connectivity index (χ4n) is 1.95. The number of methoxy groups -OCH3 is 1. The molecule has 0 aromatic heterocycles. The van der Waals surface area contributed by atoms with Gasteiger partial charge < -0.3 is 14.8 Å². The van der Waals surface area contributed by atoms with Crippen molar-refractivity contribution >= 4 is 17.3 Å². The molecule has 0 bridgehead atoms. The van der Waals surface area contributed by atoms with E-state index in [0.29, 0.717) is 29.4 Å². The van der Waals surface area contributed by atoms with Gasteiger partial charge >= 0.3 is 0 Å². The molecular formula is C16H16N2O5. The summed E-state index contributed by atoms with van der Waals surface area (Å²) in [6, 6.07) is 10.5. The molecule has 0 aliphatic carbocycles. The lowest BCUT2D eigenvalue weighted by molar-refractivity contribution is -0.384. The minimum absolute atomic E-state index is 0.0364. The van der Waals surface area contributed by atoms with Crippen molar-refractivity contribution in [2.24, 2.45) is 0 Å². The summed E-state index contributed by atoms with van der Waals surface area (Å²) in [5.41, 5.74) is 0.822. The van der Waals surface area contributed by atoms with Gasteiger partial charge in [0.25, 0.3) is 11.6 Å². The highest BCUT2D eigenvalue weighted by atomic mass is 16.6. The van der Waals surface area contributed by atoms with Crippen molar-refractivity contribution in [3.63, 3.8) is 0 Å². The Hall–Kier alpha value is -3.09. The van der Waals surface area contributed by atoms with Crippen LogP contribution >= 0.6 is 0 Å². The smallest absolute Gasteiger partial charge is 0.269 e. The molecule has 2 aromatic rings. The van der Waals surface area contributed by atoms with Crippen LogP contribution in [0.1, 0.15) is 17.3 Å². The molecular weight excluding hydrogens is 300 g/mol. The van der Waals surface area contributed by atoms with Crippen LogP contribution in [-0.2, 0) is 0 Å².